The maximum atomic E-state index is 13.1. The fraction of sp³-hybridized carbons (Fsp3) is 0.320. The largest absolute Gasteiger partial charge is 0.416 e. The Morgan fingerprint density at radius 1 is 0.919 bits per heavy atom. The standard InChI is InChI=1S/C25H22F6N2O4/c26-24(27,28)18-10-14(11-19(13-18)25(29,30)31)9-16-5-4-15-12-17(6-7-20(15)22(16)35)23(36)32-8-2-1-3-21(34)33-37/h6-7,9-13,37H,1-5,8H2,(H,32,36)(H,33,34)/b16-9+. The summed E-state index contributed by atoms with van der Waals surface area (Å²) in [4.78, 5) is 36.3. The van der Waals surface area contributed by atoms with Gasteiger partial charge in [-0.1, -0.05) is 0 Å². The van der Waals surface area contributed by atoms with E-state index < -0.39 is 41.1 Å². The maximum Gasteiger partial charge on any atom is 0.416 e. The van der Waals surface area contributed by atoms with E-state index in [1.807, 2.05) is 0 Å². The minimum absolute atomic E-state index is 0.0262. The van der Waals surface area contributed by atoms with Crippen LogP contribution in [0.1, 0.15) is 68.7 Å². The molecule has 37 heavy (non-hydrogen) atoms. The van der Waals surface area contributed by atoms with Crippen molar-refractivity contribution in [2.75, 3.05) is 6.54 Å². The number of unbranched alkanes of at least 4 members (excludes halogenated alkanes) is 1. The molecule has 12 heteroatoms. The summed E-state index contributed by atoms with van der Waals surface area (Å²) < 4.78 is 78.8. The van der Waals surface area contributed by atoms with Crippen molar-refractivity contribution in [3.8, 4) is 0 Å². The van der Waals surface area contributed by atoms with Crippen LogP contribution in [0, 0.1) is 0 Å². The molecule has 198 valence electrons. The normalized spacial score (nSPS) is 14.9. The highest BCUT2D eigenvalue weighted by Crippen LogP contribution is 2.37. The summed E-state index contributed by atoms with van der Waals surface area (Å²) in [5, 5.41) is 11.1. The quantitative estimate of drug-likeness (QED) is 0.149. The van der Waals surface area contributed by atoms with E-state index in [9.17, 15) is 40.7 Å². The van der Waals surface area contributed by atoms with E-state index in [1.54, 1.807) is 0 Å². The van der Waals surface area contributed by atoms with E-state index in [4.69, 9.17) is 5.21 Å². The van der Waals surface area contributed by atoms with Crippen LogP contribution in [0.2, 0.25) is 0 Å². The van der Waals surface area contributed by atoms with Crippen LogP contribution in [0.4, 0.5) is 26.3 Å². The fourth-order valence-corrected chi connectivity index (χ4v) is 3.89. The summed E-state index contributed by atoms with van der Waals surface area (Å²) in [5.74, 6) is -1.49. The van der Waals surface area contributed by atoms with Crippen molar-refractivity contribution in [1.29, 1.82) is 0 Å². The molecule has 0 heterocycles. The Bertz CT molecular complexity index is 1200. The minimum atomic E-state index is -5.00. The molecule has 3 N–H and O–H groups in total. The number of hydroxylamine groups is 1. The number of fused-ring (bicyclic) bond motifs is 1. The third-order valence-corrected chi connectivity index (χ3v) is 5.76. The van der Waals surface area contributed by atoms with Crippen LogP contribution < -0.4 is 10.8 Å². The Hall–Kier alpha value is -3.67. The number of Topliss-reactive ketones (excluding diaryl/α,β-unsaturated/α-hetero) is 1. The Labute approximate surface area is 207 Å². The number of ketones is 1. The molecule has 0 bridgehead atoms. The van der Waals surface area contributed by atoms with Gasteiger partial charge in [-0.3, -0.25) is 19.6 Å². The highest BCUT2D eigenvalue weighted by molar-refractivity contribution is 6.13. The van der Waals surface area contributed by atoms with E-state index in [0.29, 0.717) is 30.5 Å². The second kappa shape index (κ2) is 11.2. The van der Waals surface area contributed by atoms with Gasteiger partial charge in [0.05, 0.1) is 11.1 Å². The number of rotatable bonds is 7. The molecule has 1 aliphatic carbocycles. The van der Waals surface area contributed by atoms with Crippen LogP contribution >= 0.6 is 0 Å². The van der Waals surface area contributed by atoms with Crippen molar-refractivity contribution < 1.29 is 45.9 Å². The number of alkyl halides is 6. The number of carbonyl (C=O) groups is 3. The predicted octanol–water partition coefficient (Wildman–Crippen LogP) is 5.34. The van der Waals surface area contributed by atoms with Crippen molar-refractivity contribution in [3.05, 3.63) is 75.4 Å². The Morgan fingerprint density at radius 2 is 1.57 bits per heavy atom. The summed E-state index contributed by atoms with van der Waals surface area (Å²) in [5.41, 5.74) is -0.726. The van der Waals surface area contributed by atoms with Gasteiger partial charge >= 0.3 is 12.4 Å². The average Bonchev–Trinajstić information content (AvgIpc) is 2.83. The number of aryl methyl sites for hydroxylation is 1. The Balaban J connectivity index is 1.76. The van der Waals surface area contributed by atoms with Gasteiger partial charge in [-0.2, -0.15) is 26.3 Å². The molecule has 2 aromatic rings. The second-order valence-electron chi connectivity index (χ2n) is 8.46. The molecule has 2 amide bonds. The molecule has 1 aliphatic rings. The SMILES string of the molecule is O=C(CCCCNC(=O)c1ccc2c(c1)CC/C(=C\c1cc(C(F)(F)F)cc(C(F)(F)F)c1)C2=O)NO. The fourth-order valence-electron chi connectivity index (χ4n) is 3.89. The minimum Gasteiger partial charge on any atom is -0.352 e. The zero-order valence-corrected chi connectivity index (χ0v) is 19.2. The van der Waals surface area contributed by atoms with E-state index >= 15 is 0 Å². The van der Waals surface area contributed by atoms with Gasteiger partial charge < -0.3 is 5.32 Å². The third-order valence-electron chi connectivity index (χ3n) is 5.76. The molecular formula is C25H22F6N2O4. The van der Waals surface area contributed by atoms with Gasteiger partial charge in [0, 0.05) is 29.7 Å². The molecular weight excluding hydrogens is 506 g/mol. The smallest absolute Gasteiger partial charge is 0.352 e. The summed E-state index contributed by atoms with van der Waals surface area (Å²) in [6.45, 7) is 0.275. The number of benzene rings is 2. The molecule has 0 unspecified atom stereocenters. The van der Waals surface area contributed by atoms with Gasteiger partial charge in [0.1, 0.15) is 0 Å². The number of carbonyl (C=O) groups excluding carboxylic acids is 3. The van der Waals surface area contributed by atoms with Crippen molar-refractivity contribution in [2.24, 2.45) is 0 Å². The lowest BCUT2D eigenvalue weighted by molar-refractivity contribution is -0.143. The number of hydrogen-bond acceptors (Lipinski definition) is 4. The van der Waals surface area contributed by atoms with Gasteiger partial charge in [0.15, 0.2) is 5.78 Å². The van der Waals surface area contributed by atoms with Gasteiger partial charge in [-0.25, -0.2) is 5.48 Å². The lowest BCUT2D eigenvalue weighted by atomic mass is 9.85. The molecule has 0 radical (unpaired) electrons. The lowest BCUT2D eigenvalue weighted by Gasteiger charge is -2.19. The number of allylic oxidation sites excluding steroid dienone is 1. The molecule has 3 rings (SSSR count). The van der Waals surface area contributed by atoms with Gasteiger partial charge in [0.25, 0.3) is 5.91 Å². The third kappa shape index (κ3) is 7.19. The van der Waals surface area contributed by atoms with Crippen LogP contribution in [-0.4, -0.2) is 29.3 Å². The lowest BCUT2D eigenvalue weighted by Crippen LogP contribution is -2.25. The highest BCUT2D eigenvalue weighted by atomic mass is 19.4. The first-order chi connectivity index (χ1) is 17.3. The molecule has 0 spiro atoms. The summed E-state index contributed by atoms with van der Waals surface area (Å²) in [6.07, 6.45) is -7.60. The van der Waals surface area contributed by atoms with Crippen molar-refractivity contribution in [1.82, 2.24) is 10.8 Å². The molecule has 0 saturated carbocycles. The van der Waals surface area contributed by atoms with Gasteiger partial charge in [-0.05, 0) is 79.3 Å². The number of halogens is 6. The second-order valence-corrected chi connectivity index (χ2v) is 8.46. The summed E-state index contributed by atoms with van der Waals surface area (Å²) in [6, 6.07) is 5.48. The van der Waals surface area contributed by atoms with Crippen LogP contribution in [-0.2, 0) is 23.6 Å². The van der Waals surface area contributed by atoms with E-state index in [1.165, 1.54) is 23.7 Å². The summed E-state index contributed by atoms with van der Waals surface area (Å²) in [7, 11) is 0. The molecule has 0 aromatic heterocycles. The zero-order chi connectivity index (χ0) is 27.4. The molecule has 0 atom stereocenters. The monoisotopic (exact) mass is 528 g/mol. The molecule has 0 aliphatic heterocycles. The molecule has 0 fully saturated rings. The van der Waals surface area contributed by atoms with Gasteiger partial charge in [0.2, 0.25) is 5.91 Å². The molecule has 2 aromatic carbocycles. The average molecular weight is 528 g/mol. The van der Waals surface area contributed by atoms with Crippen LogP contribution in [0.3, 0.4) is 0 Å². The first-order valence-electron chi connectivity index (χ1n) is 11.2. The Kier molecular flexibility index (Phi) is 8.42. The number of amides is 2. The van der Waals surface area contributed by atoms with Crippen molar-refractivity contribution >= 4 is 23.7 Å². The van der Waals surface area contributed by atoms with Crippen LogP contribution in [0.15, 0.2) is 42.0 Å². The topological polar surface area (TPSA) is 95.5 Å². The first kappa shape index (κ1) is 27.9. The van der Waals surface area contributed by atoms with E-state index in [0.717, 1.165) is 6.08 Å². The van der Waals surface area contributed by atoms with Crippen LogP contribution in [0.5, 0.6) is 0 Å². The number of hydrogen-bond donors (Lipinski definition) is 3. The highest BCUT2D eigenvalue weighted by Gasteiger charge is 2.37. The zero-order valence-electron chi connectivity index (χ0n) is 19.2. The van der Waals surface area contributed by atoms with Crippen molar-refractivity contribution in [2.45, 2.75) is 44.5 Å². The molecule has 0 saturated heterocycles. The van der Waals surface area contributed by atoms with E-state index in [2.05, 4.69) is 5.32 Å². The van der Waals surface area contributed by atoms with Gasteiger partial charge in [-0.15, -0.1) is 0 Å². The number of nitrogens with one attached hydrogen (secondary N) is 2. The predicted molar refractivity (Wildman–Crippen MR) is 120 cm³/mol. The maximum absolute atomic E-state index is 13.1. The summed E-state index contributed by atoms with van der Waals surface area (Å²) >= 11 is 0. The van der Waals surface area contributed by atoms with Crippen LogP contribution in [0.25, 0.3) is 6.08 Å². The molecule has 6 nitrogen and oxygen atoms in total. The van der Waals surface area contributed by atoms with E-state index in [-0.39, 0.29) is 54.1 Å². The van der Waals surface area contributed by atoms with Crippen molar-refractivity contribution in [3.63, 3.8) is 0 Å². The Morgan fingerprint density at radius 3 is 2.16 bits per heavy atom. The first-order valence-corrected chi connectivity index (χ1v) is 11.2.